The van der Waals surface area contributed by atoms with Crippen LogP contribution in [0.15, 0.2) is 42.5 Å². The monoisotopic (exact) mass is 515 g/mol. The first-order valence-corrected chi connectivity index (χ1v) is 13.1. The minimum absolute atomic E-state index is 0.130. The van der Waals surface area contributed by atoms with Crippen LogP contribution in [0.5, 0.6) is 11.5 Å². The average Bonchev–Trinajstić information content (AvgIpc) is 3.22. The van der Waals surface area contributed by atoms with Gasteiger partial charge in [0, 0.05) is 57.0 Å². The molecular weight excluding hydrogens is 482 g/mol. The second-order valence-corrected chi connectivity index (χ2v) is 10.6. The van der Waals surface area contributed by atoms with Crippen LogP contribution < -0.4 is 14.8 Å². The molecule has 2 aromatic rings. The summed E-state index contributed by atoms with van der Waals surface area (Å²) in [4.78, 5) is 16.6. The maximum absolute atomic E-state index is 12.6. The van der Waals surface area contributed by atoms with Crippen molar-refractivity contribution in [2.45, 2.75) is 49.9 Å². The summed E-state index contributed by atoms with van der Waals surface area (Å²) in [7, 11) is 0. The van der Waals surface area contributed by atoms with E-state index in [1.54, 1.807) is 17.0 Å². The lowest BCUT2D eigenvalue weighted by Crippen LogP contribution is -2.49. The van der Waals surface area contributed by atoms with Gasteiger partial charge in [0.15, 0.2) is 0 Å². The zero-order valence-corrected chi connectivity index (χ0v) is 21.1. The molecule has 3 aliphatic rings. The Balaban J connectivity index is 1.08. The highest BCUT2D eigenvalue weighted by atomic mass is 35.5. The van der Waals surface area contributed by atoms with Crippen LogP contribution in [-0.2, 0) is 6.42 Å². The number of rotatable bonds is 6. The first-order chi connectivity index (χ1) is 17.4. The zero-order valence-electron chi connectivity index (χ0n) is 20.4. The molecule has 5 rings (SSSR count). The van der Waals surface area contributed by atoms with Crippen molar-refractivity contribution >= 4 is 23.3 Å². The van der Waals surface area contributed by atoms with Crippen molar-refractivity contribution < 1.29 is 24.5 Å². The quantitative estimate of drug-likeness (QED) is 0.545. The Hall–Kier alpha value is -2.52. The number of carbonyl (C=O) groups is 1. The van der Waals surface area contributed by atoms with Crippen molar-refractivity contribution in [1.29, 1.82) is 0 Å². The highest BCUT2D eigenvalue weighted by Crippen LogP contribution is 2.42. The number of carbonyl (C=O) groups excluding carboxylic acids is 1. The smallest absolute Gasteiger partial charge is 0.321 e. The van der Waals surface area contributed by atoms with Crippen LogP contribution >= 0.6 is 11.6 Å². The van der Waals surface area contributed by atoms with Gasteiger partial charge in [-0.15, -0.1) is 0 Å². The molecule has 2 aromatic carbocycles. The number of fused-ring (bicyclic) bond motifs is 1. The molecule has 9 heteroatoms. The van der Waals surface area contributed by atoms with Gasteiger partial charge in [-0.3, -0.25) is 0 Å². The maximum atomic E-state index is 12.6. The average molecular weight is 516 g/mol. The number of nitrogens with one attached hydrogen (secondary N) is 1. The predicted molar refractivity (Wildman–Crippen MR) is 138 cm³/mol. The number of piperidine rings is 2. The van der Waals surface area contributed by atoms with Crippen LogP contribution in [0.1, 0.15) is 31.2 Å². The molecular formula is C27H34ClN3O5. The fourth-order valence-corrected chi connectivity index (χ4v) is 5.51. The number of hydrogen-bond acceptors (Lipinski definition) is 6. The second kappa shape index (κ2) is 10.8. The minimum Gasteiger partial charge on any atom is -0.489 e. The van der Waals surface area contributed by atoms with Gasteiger partial charge in [-0.05, 0) is 48.7 Å². The van der Waals surface area contributed by atoms with E-state index in [-0.39, 0.29) is 24.3 Å². The van der Waals surface area contributed by atoms with Gasteiger partial charge in [0.1, 0.15) is 29.8 Å². The molecule has 0 aliphatic carbocycles. The van der Waals surface area contributed by atoms with E-state index in [0.29, 0.717) is 43.9 Å². The number of para-hydroxylation sites is 2. The van der Waals surface area contributed by atoms with E-state index in [0.717, 1.165) is 43.1 Å². The molecule has 0 saturated carbocycles. The topological polar surface area (TPSA) is 94.5 Å². The van der Waals surface area contributed by atoms with Crippen LogP contribution in [0, 0.1) is 0 Å². The molecule has 194 valence electrons. The Kier molecular flexibility index (Phi) is 7.57. The van der Waals surface area contributed by atoms with Gasteiger partial charge in [0.25, 0.3) is 0 Å². The van der Waals surface area contributed by atoms with Crippen LogP contribution in [0.2, 0.25) is 5.02 Å². The Labute approximate surface area is 216 Å². The molecule has 2 fully saturated rings. The van der Waals surface area contributed by atoms with Gasteiger partial charge in [-0.1, -0.05) is 23.7 Å². The molecule has 3 N–H and O–H groups in total. The van der Waals surface area contributed by atoms with Gasteiger partial charge < -0.3 is 34.8 Å². The largest absolute Gasteiger partial charge is 0.489 e. The van der Waals surface area contributed by atoms with Gasteiger partial charge in [-0.2, -0.15) is 0 Å². The number of likely N-dealkylation sites (tertiary alicyclic amines) is 2. The highest BCUT2D eigenvalue weighted by molar-refractivity contribution is 6.30. The fraction of sp³-hybridized carbons (Fsp3) is 0.519. The normalized spacial score (nSPS) is 20.6. The third-order valence-electron chi connectivity index (χ3n) is 7.41. The molecule has 2 amide bonds. The third kappa shape index (κ3) is 5.89. The summed E-state index contributed by atoms with van der Waals surface area (Å²) < 4.78 is 12.2. The number of aliphatic hydroxyl groups excluding tert-OH is 2. The van der Waals surface area contributed by atoms with E-state index in [1.807, 2.05) is 30.3 Å². The van der Waals surface area contributed by atoms with Crippen molar-refractivity contribution in [2.24, 2.45) is 0 Å². The molecule has 36 heavy (non-hydrogen) atoms. The summed E-state index contributed by atoms with van der Waals surface area (Å²) in [5.41, 5.74) is 1.57. The zero-order chi connectivity index (χ0) is 25.1. The van der Waals surface area contributed by atoms with Crippen LogP contribution in [0.3, 0.4) is 0 Å². The summed E-state index contributed by atoms with van der Waals surface area (Å²) >= 11 is 6.15. The Morgan fingerprint density at radius 1 is 1.17 bits per heavy atom. The Morgan fingerprint density at radius 3 is 2.69 bits per heavy atom. The van der Waals surface area contributed by atoms with Gasteiger partial charge in [0.2, 0.25) is 0 Å². The fourth-order valence-electron chi connectivity index (χ4n) is 5.32. The SMILES string of the molecule is O=C(Nc1ccccc1OC[C@H](O)CN1CCC2(CC1)Cc1cc(Cl)ccc1O2)N1CCC(O)CC1. The van der Waals surface area contributed by atoms with E-state index in [1.165, 1.54) is 5.56 Å². The first kappa shape index (κ1) is 25.1. The van der Waals surface area contributed by atoms with E-state index < -0.39 is 6.10 Å². The molecule has 8 nitrogen and oxygen atoms in total. The summed E-state index contributed by atoms with van der Waals surface area (Å²) in [5, 5.41) is 24.0. The first-order valence-electron chi connectivity index (χ1n) is 12.7. The van der Waals surface area contributed by atoms with Gasteiger partial charge >= 0.3 is 6.03 Å². The Bertz CT molecular complexity index is 1070. The molecule has 1 atom stereocenters. The number of ether oxygens (including phenoxy) is 2. The molecule has 0 bridgehead atoms. The number of anilines is 1. The van der Waals surface area contributed by atoms with Crippen molar-refractivity contribution in [3.05, 3.63) is 53.1 Å². The van der Waals surface area contributed by atoms with E-state index in [2.05, 4.69) is 10.2 Å². The number of hydrogen-bond donors (Lipinski definition) is 3. The molecule has 0 aromatic heterocycles. The van der Waals surface area contributed by atoms with Crippen molar-refractivity contribution in [3.8, 4) is 11.5 Å². The number of urea groups is 1. The van der Waals surface area contributed by atoms with Crippen molar-refractivity contribution in [3.63, 3.8) is 0 Å². The number of halogens is 1. The van der Waals surface area contributed by atoms with E-state index in [9.17, 15) is 15.0 Å². The molecule has 0 unspecified atom stereocenters. The van der Waals surface area contributed by atoms with Crippen molar-refractivity contribution in [1.82, 2.24) is 9.80 Å². The molecule has 3 heterocycles. The third-order valence-corrected chi connectivity index (χ3v) is 7.64. The lowest BCUT2D eigenvalue weighted by molar-refractivity contribution is -0.00191. The summed E-state index contributed by atoms with van der Waals surface area (Å²) in [6, 6.07) is 12.9. The number of β-amino-alcohol motifs (C(OH)–C–C–N with tert-alkyl or cyclic N) is 1. The summed E-state index contributed by atoms with van der Waals surface area (Å²) in [6.45, 7) is 3.38. The van der Waals surface area contributed by atoms with E-state index in [4.69, 9.17) is 21.1 Å². The lowest BCUT2D eigenvalue weighted by atomic mass is 9.87. The van der Waals surface area contributed by atoms with Crippen LogP contribution in [-0.4, -0.2) is 83.2 Å². The van der Waals surface area contributed by atoms with Gasteiger partial charge in [0.05, 0.1) is 11.8 Å². The lowest BCUT2D eigenvalue weighted by Gasteiger charge is -2.39. The van der Waals surface area contributed by atoms with Crippen molar-refractivity contribution in [2.75, 3.05) is 44.6 Å². The standard InChI is InChI=1S/C27H34ClN3O5/c28-20-5-6-24-19(15-20)16-27(36-24)9-13-30(14-10-27)17-22(33)18-35-25-4-2-1-3-23(25)29-26(34)31-11-7-21(32)8-12-31/h1-6,15,21-22,32-33H,7-14,16-18H2,(H,29,34)/t22-/m1/s1. The predicted octanol–water partition coefficient (Wildman–Crippen LogP) is 3.54. The summed E-state index contributed by atoms with van der Waals surface area (Å²) in [5.74, 6) is 1.46. The molecule has 2 saturated heterocycles. The van der Waals surface area contributed by atoms with Crippen LogP contribution in [0.4, 0.5) is 10.5 Å². The molecule has 0 radical (unpaired) electrons. The number of benzene rings is 2. The Morgan fingerprint density at radius 2 is 1.92 bits per heavy atom. The molecule has 1 spiro atoms. The number of amides is 2. The number of aliphatic hydroxyl groups is 2. The van der Waals surface area contributed by atoms with E-state index >= 15 is 0 Å². The second-order valence-electron chi connectivity index (χ2n) is 10.1. The maximum Gasteiger partial charge on any atom is 0.321 e. The minimum atomic E-state index is -0.660. The van der Waals surface area contributed by atoms with Crippen LogP contribution in [0.25, 0.3) is 0 Å². The number of nitrogens with zero attached hydrogens (tertiary/aromatic N) is 2. The molecule has 3 aliphatic heterocycles. The summed E-state index contributed by atoms with van der Waals surface area (Å²) in [6.07, 6.45) is 2.85. The highest BCUT2D eigenvalue weighted by Gasteiger charge is 2.42. The van der Waals surface area contributed by atoms with Gasteiger partial charge in [-0.25, -0.2) is 4.79 Å².